The van der Waals surface area contributed by atoms with Crippen molar-refractivity contribution < 1.29 is 13.2 Å². The standard InChI is InChI=1S/C18H24N4O3S2.HI/c1-20-18(21-13-16-7-8-17(26-16)27(19,23)24)22-11-9-15(10-12-22)25-14-5-3-2-4-6-14;/h2-8,15H,9-13H2,1H3,(H,20,21)(H2,19,23,24);1H. The lowest BCUT2D eigenvalue weighted by Gasteiger charge is -2.34. The van der Waals surface area contributed by atoms with Gasteiger partial charge in [0.1, 0.15) is 16.1 Å². The number of piperidine rings is 1. The molecule has 1 saturated heterocycles. The number of hydrogen-bond acceptors (Lipinski definition) is 5. The predicted molar refractivity (Wildman–Crippen MR) is 123 cm³/mol. The number of para-hydroxylation sites is 1. The molecule has 3 N–H and O–H groups in total. The second-order valence-corrected chi connectivity index (χ2v) is 9.24. The van der Waals surface area contributed by atoms with Crippen molar-refractivity contribution in [1.82, 2.24) is 10.2 Å². The Kier molecular flexibility index (Phi) is 8.53. The zero-order chi connectivity index (χ0) is 19.3. The number of benzene rings is 1. The van der Waals surface area contributed by atoms with Crippen LogP contribution in [-0.2, 0) is 16.6 Å². The number of ether oxygens (including phenoxy) is 1. The molecule has 7 nitrogen and oxygen atoms in total. The maximum absolute atomic E-state index is 11.4. The van der Waals surface area contributed by atoms with E-state index in [1.54, 1.807) is 13.1 Å². The zero-order valence-corrected chi connectivity index (χ0v) is 19.5. The van der Waals surface area contributed by atoms with Crippen LogP contribution in [-0.4, -0.2) is 45.5 Å². The Hall–Kier alpha value is -1.37. The normalized spacial score (nSPS) is 15.8. The van der Waals surface area contributed by atoms with Gasteiger partial charge in [-0.25, -0.2) is 13.6 Å². The number of nitrogens with two attached hydrogens (primary N) is 1. The predicted octanol–water partition coefficient (Wildman–Crippen LogP) is 2.63. The lowest BCUT2D eigenvalue weighted by atomic mass is 10.1. The van der Waals surface area contributed by atoms with Crippen molar-refractivity contribution in [2.75, 3.05) is 20.1 Å². The van der Waals surface area contributed by atoms with Crippen LogP contribution in [0.5, 0.6) is 5.75 Å². The molecule has 3 rings (SSSR count). The summed E-state index contributed by atoms with van der Waals surface area (Å²) in [5.41, 5.74) is 0. The zero-order valence-electron chi connectivity index (χ0n) is 15.6. The average molecular weight is 536 g/mol. The van der Waals surface area contributed by atoms with Gasteiger partial charge in [-0.15, -0.1) is 35.3 Å². The van der Waals surface area contributed by atoms with Gasteiger partial charge in [-0.2, -0.15) is 0 Å². The minimum absolute atomic E-state index is 0. The molecule has 0 saturated carbocycles. The molecule has 10 heteroatoms. The Labute approximate surface area is 187 Å². The van der Waals surface area contributed by atoms with Gasteiger partial charge in [0.15, 0.2) is 5.96 Å². The molecule has 1 fully saturated rings. The first-order valence-corrected chi connectivity index (χ1v) is 11.1. The molecule has 0 radical (unpaired) electrons. The molecule has 0 aliphatic carbocycles. The van der Waals surface area contributed by atoms with Gasteiger partial charge >= 0.3 is 0 Å². The third-order valence-electron chi connectivity index (χ3n) is 4.34. The van der Waals surface area contributed by atoms with E-state index < -0.39 is 10.0 Å². The number of halogens is 1. The summed E-state index contributed by atoms with van der Waals surface area (Å²) in [5, 5.41) is 8.45. The number of sulfonamides is 1. The van der Waals surface area contributed by atoms with Gasteiger partial charge in [0, 0.05) is 37.9 Å². The lowest BCUT2D eigenvalue weighted by Crippen LogP contribution is -2.47. The summed E-state index contributed by atoms with van der Waals surface area (Å²) >= 11 is 1.17. The number of aliphatic imine (C=N–C) groups is 1. The van der Waals surface area contributed by atoms with Crippen molar-refractivity contribution in [2.45, 2.75) is 29.7 Å². The summed E-state index contributed by atoms with van der Waals surface area (Å²) in [4.78, 5) is 7.43. The van der Waals surface area contributed by atoms with Crippen molar-refractivity contribution >= 4 is 51.3 Å². The van der Waals surface area contributed by atoms with Gasteiger partial charge in [0.05, 0.1) is 6.54 Å². The fourth-order valence-electron chi connectivity index (χ4n) is 2.98. The summed E-state index contributed by atoms with van der Waals surface area (Å²) in [6, 6.07) is 13.2. The Morgan fingerprint density at radius 3 is 2.50 bits per heavy atom. The van der Waals surface area contributed by atoms with Crippen LogP contribution < -0.4 is 15.2 Å². The number of nitrogens with one attached hydrogen (secondary N) is 1. The number of thiophene rings is 1. The summed E-state index contributed by atoms with van der Waals surface area (Å²) in [6.07, 6.45) is 2.05. The summed E-state index contributed by atoms with van der Waals surface area (Å²) < 4.78 is 28.9. The SMILES string of the molecule is CN=C(NCc1ccc(S(N)(=O)=O)s1)N1CCC(Oc2ccccc2)CC1.I. The highest BCUT2D eigenvalue weighted by Gasteiger charge is 2.22. The van der Waals surface area contributed by atoms with Crippen LogP contribution in [0.1, 0.15) is 17.7 Å². The van der Waals surface area contributed by atoms with Crippen molar-refractivity contribution in [1.29, 1.82) is 0 Å². The van der Waals surface area contributed by atoms with E-state index in [0.717, 1.165) is 42.5 Å². The molecule has 0 atom stereocenters. The van der Waals surface area contributed by atoms with E-state index >= 15 is 0 Å². The van der Waals surface area contributed by atoms with Crippen LogP contribution in [0.15, 0.2) is 51.7 Å². The van der Waals surface area contributed by atoms with E-state index in [4.69, 9.17) is 9.88 Å². The van der Waals surface area contributed by atoms with Crippen LogP contribution in [0.2, 0.25) is 0 Å². The average Bonchev–Trinajstić information content (AvgIpc) is 3.14. The molecule has 2 aromatic rings. The summed E-state index contributed by atoms with van der Waals surface area (Å²) in [7, 11) is -1.89. The van der Waals surface area contributed by atoms with Crippen molar-refractivity contribution in [3.8, 4) is 5.75 Å². The fraction of sp³-hybridized carbons (Fsp3) is 0.389. The molecule has 0 amide bonds. The van der Waals surface area contributed by atoms with Crippen LogP contribution in [0.4, 0.5) is 0 Å². The Morgan fingerprint density at radius 1 is 1.25 bits per heavy atom. The first kappa shape index (κ1) is 22.9. The highest BCUT2D eigenvalue weighted by atomic mass is 127. The Bertz CT molecular complexity index is 879. The first-order chi connectivity index (χ1) is 13.0. The molecule has 1 aromatic carbocycles. The highest BCUT2D eigenvalue weighted by Crippen LogP contribution is 2.21. The smallest absolute Gasteiger partial charge is 0.247 e. The maximum Gasteiger partial charge on any atom is 0.247 e. The van der Waals surface area contributed by atoms with Crippen molar-refractivity contribution in [2.24, 2.45) is 10.1 Å². The lowest BCUT2D eigenvalue weighted by molar-refractivity contribution is 0.129. The second kappa shape index (κ2) is 10.4. The minimum atomic E-state index is -3.64. The molecular formula is C18H25IN4O3S2. The third-order valence-corrected chi connectivity index (χ3v) is 6.86. The molecule has 28 heavy (non-hydrogen) atoms. The Balaban J connectivity index is 0.00000280. The first-order valence-electron chi connectivity index (χ1n) is 8.74. The monoisotopic (exact) mass is 536 g/mol. The maximum atomic E-state index is 11.4. The van der Waals surface area contributed by atoms with Gasteiger partial charge in [-0.1, -0.05) is 18.2 Å². The highest BCUT2D eigenvalue weighted by molar-refractivity contribution is 14.0. The molecule has 0 bridgehead atoms. The molecule has 0 spiro atoms. The molecule has 2 heterocycles. The second-order valence-electron chi connectivity index (χ2n) is 6.28. The van der Waals surface area contributed by atoms with Crippen LogP contribution >= 0.6 is 35.3 Å². The van der Waals surface area contributed by atoms with E-state index in [-0.39, 0.29) is 34.3 Å². The van der Waals surface area contributed by atoms with E-state index in [2.05, 4.69) is 15.2 Å². The fourth-order valence-corrected chi connectivity index (χ4v) is 4.70. The van der Waals surface area contributed by atoms with Gasteiger partial charge in [-0.05, 0) is 24.3 Å². The molecule has 0 unspecified atom stereocenters. The number of rotatable bonds is 5. The van der Waals surface area contributed by atoms with Crippen LogP contribution in [0.25, 0.3) is 0 Å². The van der Waals surface area contributed by atoms with E-state index in [9.17, 15) is 8.42 Å². The van der Waals surface area contributed by atoms with E-state index in [1.165, 1.54) is 17.4 Å². The largest absolute Gasteiger partial charge is 0.490 e. The van der Waals surface area contributed by atoms with Crippen LogP contribution in [0, 0.1) is 0 Å². The number of hydrogen-bond donors (Lipinski definition) is 2. The van der Waals surface area contributed by atoms with Gasteiger partial charge in [-0.3, -0.25) is 4.99 Å². The molecule has 1 aliphatic heterocycles. The van der Waals surface area contributed by atoms with Crippen molar-refractivity contribution in [3.05, 3.63) is 47.3 Å². The number of likely N-dealkylation sites (tertiary alicyclic amines) is 1. The molecule has 154 valence electrons. The molecule has 1 aliphatic rings. The minimum Gasteiger partial charge on any atom is -0.490 e. The number of nitrogens with zero attached hydrogens (tertiary/aromatic N) is 2. The van der Waals surface area contributed by atoms with Gasteiger partial charge in [0.25, 0.3) is 0 Å². The van der Waals surface area contributed by atoms with Gasteiger partial charge in [0.2, 0.25) is 10.0 Å². The number of guanidine groups is 1. The van der Waals surface area contributed by atoms with Gasteiger partial charge < -0.3 is 15.0 Å². The van der Waals surface area contributed by atoms with Crippen molar-refractivity contribution in [3.63, 3.8) is 0 Å². The Morgan fingerprint density at radius 2 is 1.93 bits per heavy atom. The van der Waals surface area contributed by atoms with Crippen LogP contribution in [0.3, 0.4) is 0 Å². The van der Waals surface area contributed by atoms with E-state index in [0.29, 0.717) is 6.54 Å². The molecular weight excluding hydrogens is 511 g/mol. The van der Waals surface area contributed by atoms with E-state index in [1.807, 2.05) is 30.3 Å². The third kappa shape index (κ3) is 6.33. The summed E-state index contributed by atoms with van der Waals surface area (Å²) in [5.74, 6) is 1.71. The quantitative estimate of drug-likeness (QED) is 0.348. The topological polar surface area (TPSA) is 97.0 Å². The summed E-state index contributed by atoms with van der Waals surface area (Å²) in [6.45, 7) is 2.21. The number of primary sulfonamides is 1. The molecule has 1 aromatic heterocycles.